The highest BCUT2D eigenvalue weighted by Gasteiger charge is 2.34. The van der Waals surface area contributed by atoms with E-state index < -0.39 is 12.0 Å². The monoisotopic (exact) mass is 473 g/mol. The lowest BCUT2D eigenvalue weighted by atomic mass is 9.95. The second kappa shape index (κ2) is 13.1. The summed E-state index contributed by atoms with van der Waals surface area (Å²) < 4.78 is 10.3. The largest absolute Gasteiger partial charge is 0.463 e. The molecule has 10 nitrogen and oxygen atoms in total. The van der Waals surface area contributed by atoms with Gasteiger partial charge in [-0.25, -0.2) is 9.59 Å². The molecule has 1 aromatic rings. The molecule has 3 rings (SSSR count). The van der Waals surface area contributed by atoms with Crippen molar-refractivity contribution in [2.45, 2.75) is 19.4 Å². The number of hydrogen-bond donors (Lipinski definition) is 3. The Morgan fingerprint density at radius 1 is 1.12 bits per heavy atom. The average molecular weight is 474 g/mol. The molecule has 2 aliphatic rings. The highest BCUT2D eigenvalue weighted by atomic mass is 16.5. The Labute approximate surface area is 200 Å². The summed E-state index contributed by atoms with van der Waals surface area (Å²) >= 11 is 0. The third-order valence-corrected chi connectivity index (χ3v) is 5.84. The maximum Gasteiger partial charge on any atom is 0.338 e. The van der Waals surface area contributed by atoms with E-state index in [-0.39, 0.29) is 18.5 Å². The number of methoxy groups -OCH3 is 1. The van der Waals surface area contributed by atoms with Crippen molar-refractivity contribution in [1.29, 1.82) is 0 Å². The fourth-order valence-corrected chi connectivity index (χ4v) is 4.12. The van der Waals surface area contributed by atoms with Crippen LogP contribution in [0.2, 0.25) is 0 Å². The number of amides is 3. The Kier molecular flexibility index (Phi) is 9.87. The second-order valence-electron chi connectivity index (χ2n) is 8.30. The van der Waals surface area contributed by atoms with E-state index in [2.05, 4.69) is 25.8 Å². The summed E-state index contributed by atoms with van der Waals surface area (Å²) in [5.41, 5.74) is 1.80. The van der Waals surface area contributed by atoms with Crippen molar-refractivity contribution < 1.29 is 23.9 Å². The lowest BCUT2D eigenvalue weighted by Crippen LogP contribution is -2.52. The summed E-state index contributed by atoms with van der Waals surface area (Å²) in [7, 11) is 1.64. The van der Waals surface area contributed by atoms with Crippen LogP contribution in [0.15, 0.2) is 41.6 Å². The molecule has 1 unspecified atom stereocenters. The molecule has 34 heavy (non-hydrogen) atoms. The number of esters is 1. The fraction of sp³-hybridized carbons (Fsp3) is 0.542. The van der Waals surface area contributed by atoms with Crippen molar-refractivity contribution >= 4 is 17.9 Å². The van der Waals surface area contributed by atoms with E-state index in [9.17, 15) is 14.4 Å². The Morgan fingerprint density at radius 2 is 1.82 bits per heavy atom. The smallest absolute Gasteiger partial charge is 0.338 e. The minimum Gasteiger partial charge on any atom is -0.463 e. The van der Waals surface area contributed by atoms with Crippen LogP contribution in [0.5, 0.6) is 0 Å². The first kappa shape index (κ1) is 25.7. The zero-order valence-corrected chi connectivity index (χ0v) is 20.0. The van der Waals surface area contributed by atoms with Gasteiger partial charge in [-0.2, -0.15) is 0 Å². The van der Waals surface area contributed by atoms with Crippen molar-refractivity contribution in [1.82, 2.24) is 25.8 Å². The zero-order valence-electron chi connectivity index (χ0n) is 20.0. The van der Waals surface area contributed by atoms with E-state index in [1.165, 1.54) is 0 Å². The molecule has 0 radical (unpaired) electrons. The molecule has 1 aromatic carbocycles. The maximum absolute atomic E-state index is 12.9. The Balaban J connectivity index is 1.63. The van der Waals surface area contributed by atoms with Gasteiger partial charge < -0.3 is 25.4 Å². The third-order valence-electron chi connectivity index (χ3n) is 5.84. The van der Waals surface area contributed by atoms with E-state index >= 15 is 0 Å². The van der Waals surface area contributed by atoms with Gasteiger partial charge in [-0.3, -0.25) is 14.6 Å². The standard InChI is InChI=1S/C24H35N5O5/c1-3-34-23(31)21-19(26-24(32)27-22(21)18-8-5-4-6-9-18)16-28-11-13-29(14-12-28)17-20(30)25-10-7-15-33-2/h4-6,8-9,22H,3,7,10-17H2,1-2H3,(H,25,30)(H2,26,27,32). The van der Waals surface area contributed by atoms with Crippen LogP contribution in [0.1, 0.15) is 24.9 Å². The molecule has 186 valence electrons. The number of piperazine rings is 1. The van der Waals surface area contributed by atoms with Crippen LogP contribution in [-0.2, 0) is 19.1 Å². The number of benzene rings is 1. The number of hydrogen-bond acceptors (Lipinski definition) is 7. The minimum atomic E-state index is -0.577. The van der Waals surface area contributed by atoms with Gasteiger partial charge in [0.1, 0.15) is 0 Å². The molecule has 2 heterocycles. The molecule has 0 bridgehead atoms. The molecule has 2 aliphatic heterocycles. The molecule has 1 saturated heterocycles. The summed E-state index contributed by atoms with van der Waals surface area (Å²) in [6, 6.07) is 8.48. The van der Waals surface area contributed by atoms with Crippen molar-refractivity contribution in [3.8, 4) is 0 Å². The second-order valence-corrected chi connectivity index (χ2v) is 8.30. The van der Waals surface area contributed by atoms with Gasteiger partial charge in [0.15, 0.2) is 0 Å². The Bertz CT molecular complexity index is 868. The number of carbonyl (C=O) groups is 3. The van der Waals surface area contributed by atoms with Crippen LogP contribution in [-0.4, -0.2) is 93.8 Å². The number of nitrogens with zero attached hydrogens (tertiary/aromatic N) is 2. The maximum atomic E-state index is 12.9. The normalized spacial score (nSPS) is 19.4. The van der Waals surface area contributed by atoms with Crippen LogP contribution >= 0.6 is 0 Å². The Morgan fingerprint density at radius 3 is 2.50 bits per heavy atom. The SMILES string of the molecule is CCOC(=O)C1=C(CN2CCN(CC(=O)NCCCOC)CC2)NC(=O)NC1c1ccccc1. The quantitative estimate of drug-likeness (QED) is 0.319. The molecule has 3 N–H and O–H groups in total. The van der Waals surface area contributed by atoms with Gasteiger partial charge in [0, 0.05) is 58.7 Å². The first-order valence-electron chi connectivity index (χ1n) is 11.7. The van der Waals surface area contributed by atoms with E-state index in [4.69, 9.17) is 9.47 Å². The highest BCUT2D eigenvalue weighted by molar-refractivity contribution is 5.95. The van der Waals surface area contributed by atoms with Crippen LogP contribution in [0.3, 0.4) is 0 Å². The summed E-state index contributed by atoms with van der Waals surface area (Å²) in [4.78, 5) is 41.8. The lowest BCUT2D eigenvalue weighted by Gasteiger charge is -2.36. The van der Waals surface area contributed by atoms with E-state index in [0.717, 1.165) is 38.2 Å². The topological polar surface area (TPSA) is 112 Å². The molecule has 0 spiro atoms. The molecular formula is C24H35N5O5. The Hall–Kier alpha value is -2.95. The molecule has 3 amide bonds. The van der Waals surface area contributed by atoms with Gasteiger partial charge in [0.25, 0.3) is 0 Å². The van der Waals surface area contributed by atoms with Gasteiger partial charge in [-0.05, 0) is 18.9 Å². The number of urea groups is 1. The predicted octanol–water partition coefficient (Wildman–Crippen LogP) is 0.628. The number of nitrogens with one attached hydrogen (secondary N) is 3. The predicted molar refractivity (Wildman–Crippen MR) is 127 cm³/mol. The number of carbonyl (C=O) groups excluding carboxylic acids is 3. The van der Waals surface area contributed by atoms with Crippen LogP contribution in [0.25, 0.3) is 0 Å². The van der Waals surface area contributed by atoms with Gasteiger partial charge in [-0.15, -0.1) is 0 Å². The van der Waals surface area contributed by atoms with Crippen LogP contribution in [0.4, 0.5) is 4.79 Å². The average Bonchev–Trinajstić information content (AvgIpc) is 2.83. The van der Waals surface area contributed by atoms with E-state index in [0.29, 0.717) is 37.5 Å². The fourth-order valence-electron chi connectivity index (χ4n) is 4.12. The van der Waals surface area contributed by atoms with Crippen molar-refractivity contribution in [2.75, 3.05) is 66.1 Å². The lowest BCUT2D eigenvalue weighted by molar-refractivity contribution is -0.139. The van der Waals surface area contributed by atoms with E-state index in [1.54, 1.807) is 14.0 Å². The van der Waals surface area contributed by atoms with Crippen LogP contribution in [0, 0.1) is 0 Å². The van der Waals surface area contributed by atoms with Gasteiger partial charge >= 0.3 is 12.0 Å². The summed E-state index contributed by atoms with van der Waals surface area (Å²) in [6.45, 7) is 6.90. The van der Waals surface area contributed by atoms with Gasteiger partial charge in [0.05, 0.1) is 24.8 Å². The van der Waals surface area contributed by atoms with Gasteiger partial charge in [-0.1, -0.05) is 30.3 Å². The van der Waals surface area contributed by atoms with Crippen LogP contribution < -0.4 is 16.0 Å². The first-order valence-corrected chi connectivity index (χ1v) is 11.7. The molecule has 1 fully saturated rings. The number of rotatable bonds is 11. The minimum absolute atomic E-state index is 0.00757. The van der Waals surface area contributed by atoms with Crippen molar-refractivity contribution in [3.05, 3.63) is 47.2 Å². The highest BCUT2D eigenvalue weighted by Crippen LogP contribution is 2.28. The molecular weight excluding hydrogens is 438 g/mol. The zero-order chi connectivity index (χ0) is 24.3. The molecule has 0 saturated carbocycles. The first-order chi connectivity index (χ1) is 16.5. The van der Waals surface area contributed by atoms with Crippen molar-refractivity contribution in [3.63, 3.8) is 0 Å². The molecule has 10 heteroatoms. The van der Waals surface area contributed by atoms with Crippen molar-refractivity contribution in [2.24, 2.45) is 0 Å². The molecule has 1 atom stereocenters. The third kappa shape index (κ3) is 7.28. The summed E-state index contributed by atoms with van der Waals surface area (Å²) in [5, 5.41) is 8.59. The number of ether oxygens (including phenoxy) is 2. The van der Waals surface area contributed by atoms with Gasteiger partial charge in [0.2, 0.25) is 5.91 Å². The van der Waals surface area contributed by atoms with E-state index in [1.807, 2.05) is 30.3 Å². The summed E-state index contributed by atoms with van der Waals surface area (Å²) in [6.07, 6.45) is 0.790. The molecule has 0 aromatic heterocycles. The molecule has 0 aliphatic carbocycles. The summed E-state index contributed by atoms with van der Waals surface area (Å²) in [5.74, 6) is -0.434.